The molecule has 12 nitrogen and oxygen atoms in total. The first-order chi connectivity index (χ1) is 27.6. The third-order valence-electron chi connectivity index (χ3n) is 10.6. The average molecular weight is 814 g/mol. The van der Waals surface area contributed by atoms with Crippen LogP contribution in [0.2, 0.25) is 0 Å². The van der Waals surface area contributed by atoms with Crippen LogP contribution in [0, 0.1) is 5.82 Å². The monoisotopic (exact) mass is 813 g/mol. The molecular weight excluding hydrogens is 762 g/mol. The smallest absolute Gasteiger partial charge is 0.307 e. The maximum atomic E-state index is 15.0. The molecule has 0 radical (unpaired) electrons. The number of hydrogen-bond acceptors (Lipinski definition) is 9. The predicted octanol–water partition coefficient (Wildman–Crippen LogP) is 7.44. The highest BCUT2D eigenvalue weighted by atomic mass is 32.2. The van der Waals surface area contributed by atoms with Gasteiger partial charge in [0.25, 0.3) is 10.0 Å². The van der Waals surface area contributed by atoms with E-state index in [2.05, 4.69) is 16.8 Å². The zero-order valence-corrected chi connectivity index (χ0v) is 35.0. The molecule has 58 heavy (non-hydrogen) atoms. The van der Waals surface area contributed by atoms with Gasteiger partial charge in [-0.3, -0.25) is 14.4 Å². The van der Waals surface area contributed by atoms with E-state index >= 15 is 0 Å². The van der Waals surface area contributed by atoms with Crippen molar-refractivity contribution >= 4 is 16.0 Å². The number of methoxy groups -OCH3 is 2. The maximum absolute atomic E-state index is 15.0. The van der Waals surface area contributed by atoms with Crippen molar-refractivity contribution in [2.24, 2.45) is 0 Å². The second kappa shape index (κ2) is 17.7. The Bertz CT molecular complexity index is 2300. The molecule has 3 aromatic carbocycles. The number of pyridine rings is 1. The van der Waals surface area contributed by atoms with Crippen LogP contribution in [0.5, 0.6) is 17.4 Å². The van der Waals surface area contributed by atoms with Crippen molar-refractivity contribution in [1.82, 2.24) is 24.0 Å². The van der Waals surface area contributed by atoms with Gasteiger partial charge in [-0.2, -0.15) is 9.40 Å². The summed E-state index contributed by atoms with van der Waals surface area (Å²) in [6.07, 6.45) is 1.78. The molecule has 0 saturated heterocycles. The maximum Gasteiger partial charge on any atom is 0.307 e. The van der Waals surface area contributed by atoms with Gasteiger partial charge >= 0.3 is 5.97 Å². The minimum absolute atomic E-state index is 0.0199. The summed E-state index contributed by atoms with van der Waals surface area (Å²) in [4.78, 5) is 18.6. The Morgan fingerprint density at radius 3 is 2.14 bits per heavy atom. The van der Waals surface area contributed by atoms with Gasteiger partial charge in [-0.1, -0.05) is 45.0 Å². The van der Waals surface area contributed by atoms with Crippen LogP contribution in [0.3, 0.4) is 0 Å². The molecule has 5 aromatic rings. The minimum Gasteiger partial charge on any atom is -0.497 e. The Morgan fingerprint density at radius 2 is 1.59 bits per heavy atom. The number of ether oxygens (including phenoxy) is 3. The SMILES string of the molecule is CCN1CCc2c(S(=O)(=O)N(Cc3ccc(OC)cc3)Cc3ccc(OC)cc3)nn(C(C)(C)COc3cc(-c4cc(F)cc(C(C)C)c4CC(=O)O)ccn3)c2C1. The fourth-order valence-electron chi connectivity index (χ4n) is 7.38. The van der Waals surface area contributed by atoms with Crippen molar-refractivity contribution in [3.8, 4) is 28.5 Å². The molecule has 0 amide bonds. The Morgan fingerprint density at radius 1 is 0.966 bits per heavy atom. The number of rotatable bonds is 17. The number of nitrogens with zero attached hydrogens (tertiary/aromatic N) is 5. The van der Waals surface area contributed by atoms with E-state index in [-0.39, 0.29) is 42.9 Å². The molecule has 0 spiro atoms. The molecule has 1 aliphatic rings. The number of halogens is 1. The molecule has 1 aliphatic heterocycles. The largest absolute Gasteiger partial charge is 0.497 e. The lowest BCUT2D eigenvalue weighted by atomic mass is 9.88. The Balaban J connectivity index is 1.35. The number of likely N-dealkylation sites (N-methyl/N-ethyl adjacent to an activating group) is 1. The average Bonchev–Trinajstić information content (AvgIpc) is 3.61. The number of sulfonamides is 1. The van der Waals surface area contributed by atoms with Gasteiger partial charge in [0, 0.05) is 44.0 Å². The Labute approximate surface area is 340 Å². The van der Waals surface area contributed by atoms with Gasteiger partial charge in [0.15, 0.2) is 5.03 Å². The number of aliphatic carboxylic acids is 1. The summed E-state index contributed by atoms with van der Waals surface area (Å²) >= 11 is 0. The van der Waals surface area contributed by atoms with Crippen LogP contribution in [0.4, 0.5) is 4.39 Å². The van der Waals surface area contributed by atoms with Gasteiger partial charge < -0.3 is 19.3 Å². The molecule has 308 valence electrons. The van der Waals surface area contributed by atoms with Crippen LogP contribution >= 0.6 is 0 Å². The molecule has 6 rings (SSSR count). The fraction of sp³-hybridized carbons (Fsp3) is 0.386. The zero-order chi connectivity index (χ0) is 41.8. The van der Waals surface area contributed by atoms with E-state index in [1.165, 1.54) is 16.4 Å². The third-order valence-corrected chi connectivity index (χ3v) is 12.3. The molecular formula is C44H52FN5O7S. The molecule has 0 fully saturated rings. The highest BCUT2D eigenvalue weighted by Gasteiger charge is 2.38. The summed E-state index contributed by atoms with van der Waals surface area (Å²) in [5.74, 6) is 0.00974. The molecule has 0 unspecified atom stereocenters. The quantitative estimate of drug-likeness (QED) is 0.101. The molecule has 3 heterocycles. The number of hydrogen-bond donors (Lipinski definition) is 1. The summed E-state index contributed by atoms with van der Waals surface area (Å²) in [6, 6.07) is 20.8. The second-order valence-corrected chi connectivity index (χ2v) is 17.3. The molecule has 0 saturated carbocycles. The van der Waals surface area contributed by atoms with Crippen molar-refractivity contribution in [1.29, 1.82) is 0 Å². The predicted molar refractivity (Wildman–Crippen MR) is 219 cm³/mol. The van der Waals surface area contributed by atoms with Crippen LogP contribution in [0.25, 0.3) is 11.1 Å². The fourth-order valence-corrected chi connectivity index (χ4v) is 8.98. The highest BCUT2D eigenvalue weighted by molar-refractivity contribution is 7.89. The third kappa shape index (κ3) is 9.35. The Kier molecular flexibility index (Phi) is 12.9. The lowest BCUT2D eigenvalue weighted by Crippen LogP contribution is -2.39. The van der Waals surface area contributed by atoms with Crippen LogP contribution in [-0.4, -0.2) is 77.4 Å². The summed E-state index contributed by atoms with van der Waals surface area (Å²) in [5, 5.41) is 14.7. The molecule has 14 heteroatoms. The number of carboxylic acid groups (broad SMARTS) is 1. The summed E-state index contributed by atoms with van der Waals surface area (Å²) in [7, 11) is -0.995. The normalized spacial score (nSPS) is 13.5. The lowest BCUT2D eigenvalue weighted by molar-refractivity contribution is -0.136. The summed E-state index contributed by atoms with van der Waals surface area (Å²) < 4.78 is 65.1. The molecule has 1 N–H and O–H groups in total. The van der Waals surface area contributed by atoms with Crippen LogP contribution in [-0.2, 0) is 52.8 Å². The molecule has 0 aliphatic carbocycles. The van der Waals surface area contributed by atoms with E-state index in [1.54, 1.807) is 37.2 Å². The minimum atomic E-state index is -4.17. The summed E-state index contributed by atoms with van der Waals surface area (Å²) in [6.45, 7) is 12.0. The van der Waals surface area contributed by atoms with Gasteiger partial charge in [-0.25, -0.2) is 17.8 Å². The second-order valence-electron chi connectivity index (χ2n) is 15.5. The number of aromatic nitrogens is 3. The molecule has 2 aromatic heterocycles. The van der Waals surface area contributed by atoms with E-state index in [4.69, 9.17) is 19.3 Å². The van der Waals surface area contributed by atoms with E-state index in [0.29, 0.717) is 58.8 Å². The van der Waals surface area contributed by atoms with Crippen LogP contribution < -0.4 is 14.2 Å². The van der Waals surface area contributed by atoms with Gasteiger partial charge in [-0.15, -0.1) is 0 Å². The van der Waals surface area contributed by atoms with Crippen molar-refractivity contribution < 1.29 is 36.9 Å². The van der Waals surface area contributed by atoms with E-state index in [1.807, 2.05) is 76.2 Å². The molecule has 0 atom stereocenters. The van der Waals surface area contributed by atoms with Crippen molar-refractivity contribution in [2.75, 3.05) is 33.9 Å². The van der Waals surface area contributed by atoms with Gasteiger partial charge in [0.05, 0.1) is 31.9 Å². The van der Waals surface area contributed by atoms with E-state index in [9.17, 15) is 22.7 Å². The number of carboxylic acids is 1. The van der Waals surface area contributed by atoms with Crippen LogP contribution in [0.15, 0.2) is 84.0 Å². The van der Waals surface area contributed by atoms with Gasteiger partial charge in [0.2, 0.25) is 5.88 Å². The first-order valence-corrected chi connectivity index (χ1v) is 20.8. The molecule has 0 bridgehead atoms. The first kappa shape index (κ1) is 42.3. The van der Waals surface area contributed by atoms with Crippen molar-refractivity contribution in [3.63, 3.8) is 0 Å². The number of carbonyl (C=O) groups is 1. The lowest BCUT2D eigenvalue weighted by Gasteiger charge is -2.31. The number of fused-ring (bicyclic) bond motifs is 1. The van der Waals surface area contributed by atoms with Crippen molar-refractivity contribution in [3.05, 3.63) is 118 Å². The summed E-state index contributed by atoms with van der Waals surface area (Å²) in [5.41, 5.74) is 4.40. The van der Waals surface area contributed by atoms with Crippen LogP contribution in [0.1, 0.15) is 74.0 Å². The highest BCUT2D eigenvalue weighted by Crippen LogP contribution is 2.35. The van der Waals surface area contributed by atoms with Gasteiger partial charge in [0.1, 0.15) is 23.9 Å². The first-order valence-electron chi connectivity index (χ1n) is 19.4. The van der Waals surface area contributed by atoms with E-state index < -0.39 is 27.3 Å². The Hall–Kier alpha value is -5.31. The standard InChI is InChI=1S/C44H52FN5O7S/c1-8-48-20-18-36-40(27-48)50(44(4,5)28-57-41-21-32(17-19-46-41)38-23-33(45)22-37(29(2)3)39(38)24-42(51)52)47-43(36)58(53,54)49(25-30-9-13-34(55-6)14-10-30)26-31-11-15-35(56-7)16-12-31/h9-17,19,21-23,29H,8,18,20,24-28H2,1-7H3,(H,51,52). The van der Waals surface area contributed by atoms with Crippen molar-refractivity contribution in [2.45, 2.75) is 83.6 Å². The van der Waals surface area contributed by atoms with Gasteiger partial charge in [-0.05, 0) is 109 Å². The topological polar surface area (TPSA) is 136 Å². The van der Waals surface area contributed by atoms with E-state index in [0.717, 1.165) is 23.4 Å². The zero-order valence-electron chi connectivity index (χ0n) is 34.2. The number of benzene rings is 3.